The first-order chi connectivity index (χ1) is 11.5. The molecule has 2 N–H and O–H groups in total. The zero-order valence-electron chi connectivity index (χ0n) is 12.8. The Morgan fingerprint density at radius 3 is 2.50 bits per heavy atom. The van der Waals surface area contributed by atoms with Crippen molar-refractivity contribution in [2.24, 2.45) is 5.14 Å². The van der Waals surface area contributed by atoms with Crippen molar-refractivity contribution >= 4 is 32.7 Å². The normalized spacial score (nSPS) is 11.5. The number of rotatable bonds is 6. The number of aromatic nitrogens is 1. The van der Waals surface area contributed by atoms with E-state index in [2.05, 4.69) is 11.1 Å². The number of benzene rings is 2. The Balaban J connectivity index is 1.53. The molecule has 0 fully saturated rings. The summed E-state index contributed by atoms with van der Waals surface area (Å²) in [6.45, 7) is 0.494. The molecule has 3 rings (SSSR count). The average molecular weight is 360 g/mol. The molecule has 0 amide bonds. The van der Waals surface area contributed by atoms with Gasteiger partial charge in [-0.15, -0.1) is 11.8 Å². The third-order valence-electron chi connectivity index (χ3n) is 3.33. The number of thioether (sulfide) groups is 1. The van der Waals surface area contributed by atoms with Crippen molar-refractivity contribution in [1.29, 1.82) is 0 Å². The molecular formula is C17H16N2O3S2. The van der Waals surface area contributed by atoms with Crippen LogP contribution >= 0.6 is 11.8 Å². The van der Waals surface area contributed by atoms with E-state index in [1.54, 1.807) is 23.9 Å². The fraction of sp³-hybridized carbons (Fsp3) is 0.118. The third kappa shape index (κ3) is 4.25. The Kier molecular flexibility index (Phi) is 5.03. The Labute approximate surface area is 144 Å². The van der Waals surface area contributed by atoms with Crippen molar-refractivity contribution in [2.45, 2.75) is 9.92 Å². The first-order valence-electron chi connectivity index (χ1n) is 7.27. The maximum absolute atomic E-state index is 11.2. The SMILES string of the molecule is NS(=O)(=O)c1ccc(OCCSc2ccc3ccccc3n2)cc1. The van der Waals surface area contributed by atoms with E-state index in [9.17, 15) is 8.42 Å². The van der Waals surface area contributed by atoms with Crippen molar-refractivity contribution in [3.05, 3.63) is 60.7 Å². The van der Waals surface area contributed by atoms with Crippen LogP contribution in [0.4, 0.5) is 0 Å². The molecule has 124 valence electrons. The fourth-order valence-electron chi connectivity index (χ4n) is 2.16. The Bertz CT molecular complexity index is 941. The second-order valence-corrected chi connectivity index (χ2v) is 7.73. The van der Waals surface area contributed by atoms with Gasteiger partial charge in [-0.3, -0.25) is 0 Å². The van der Waals surface area contributed by atoms with Crippen LogP contribution in [-0.2, 0) is 10.0 Å². The minimum absolute atomic E-state index is 0.0737. The van der Waals surface area contributed by atoms with Crippen LogP contribution in [0.1, 0.15) is 0 Å². The molecule has 3 aromatic rings. The van der Waals surface area contributed by atoms with Crippen LogP contribution in [0.5, 0.6) is 5.75 Å². The van der Waals surface area contributed by atoms with Crippen LogP contribution in [0.15, 0.2) is 70.6 Å². The summed E-state index contributed by atoms with van der Waals surface area (Å²) < 4.78 is 28.0. The van der Waals surface area contributed by atoms with Crippen LogP contribution in [-0.4, -0.2) is 25.8 Å². The number of ether oxygens (including phenoxy) is 1. The number of primary sulfonamides is 1. The summed E-state index contributed by atoms with van der Waals surface area (Å²) in [7, 11) is -3.67. The fourth-order valence-corrected chi connectivity index (χ4v) is 3.38. The first-order valence-corrected chi connectivity index (χ1v) is 9.80. The molecule has 0 atom stereocenters. The molecule has 1 heterocycles. The largest absolute Gasteiger partial charge is 0.493 e. The summed E-state index contributed by atoms with van der Waals surface area (Å²) in [5.74, 6) is 1.34. The van der Waals surface area contributed by atoms with Gasteiger partial charge in [0.1, 0.15) is 5.75 Å². The van der Waals surface area contributed by atoms with E-state index in [1.807, 2.05) is 30.3 Å². The molecule has 24 heavy (non-hydrogen) atoms. The molecule has 1 aromatic heterocycles. The lowest BCUT2D eigenvalue weighted by atomic mass is 10.2. The molecule has 2 aromatic carbocycles. The second-order valence-electron chi connectivity index (χ2n) is 5.06. The smallest absolute Gasteiger partial charge is 0.238 e. The number of para-hydroxylation sites is 1. The zero-order valence-corrected chi connectivity index (χ0v) is 14.4. The zero-order chi connectivity index (χ0) is 17.0. The standard InChI is InChI=1S/C17H16N2O3S2/c18-24(20,21)15-8-6-14(7-9-15)22-11-12-23-17-10-5-13-3-1-2-4-16(13)19-17/h1-10H,11-12H2,(H2,18,20,21). The molecule has 0 aliphatic heterocycles. The number of nitrogens with two attached hydrogens (primary N) is 1. The quantitative estimate of drug-likeness (QED) is 0.540. The Morgan fingerprint density at radius 2 is 1.75 bits per heavy atom. The summed E-state index contributed by atoms with van der Waals surface area (Å²) >= 11 is 1.61. The van der Waals surface area contributed by atoms with E-state index in [1.165, 1.54) is 12.1 Å². The van der Waals surface area contributed by atoms with Crippen LogP contribution in [0.3, 0.4) is 0 Å². The van der Waals surface area contributed by atoms with E-state index in [-0.39, 0.29) is 4.90 Å². The molecule has 0 aliphatic rings. The van der Waals surface area contributed by atoms with Gasteiger partial charge in [0.05, 0.1) is 22.0 Å². The number of pyridine rings is 1. The van der Waals surface area contributed by atoms with E-state index in [0.29, 0.717) is 12.4 Å². The molecule has 0 saturated heterocycles. The molecule has 7 heteroatoms. The molecule has 0 saturated carbocycles. The monoisotopic (exact) mass is 360 g/mol. The Morgan fingerprint density at radius 1 is 1.00 bits per heavy atom. The van der Waals surface area contributed by atoms with Crippen LogP contribution < -0.4 is 9.88 Å². The Hall–Kier alpha value is -2.09. The van der Waals surface area contributed by atoms with Gasteiger partial charge in [-0.05, 0) is 36.4 Å². The second kappa shape index (κ2) is 7.21. The number of hydrogen-bond acceptors (Lipinski definition) is 5. The van der Waals surface area contributed by atoms with Gasteiger partial charge >= 0.3 is 0 Å². The van der Waals surface area contributed by atoms with Crippen LogP contribution in [0.2, 0.25) is 0 Å². The predicted octanol–water partition coefficient (Wildman–Crippen LogP) is 3.05. The molecule has 0 spiro atoms. The van der Waals surface area contributed by atoms with Crippen LogP contribution in [0, 0.1) is 0 Å². The van der Waals surface area contributed by atoms with Crippen LogP contribution in [0.25, 0.3) is 10.9 Å². The lowest BCUT2D eigenvalue weighted by molar-refractivity contribution is 0.343. The van der Waals surface area contributed by atoms with Crippen molar-refractivity contribution in [1.82, 2.24) is 4.98 Å². The summed E-state index contributed by atoms with van der Waals surface area (Å²) in [4.78, 5) is 4.66. The number of sulfonamides is 1. The van der Waals surface area contributed by atoms with Crippen molar-refractivity contribution in [3.63, 3.8) is 0 Å². The molecular weight excluding hydrogens is 344 g/mol. The number of nitrogens with zero attached hydrogens (tertiary/aromatic N) is 1. The van der Waals surface area contributed by atoms with Gasteiger partial charge in [-0.1, -0.05) is 24.3 Å². The highest BCUT2D eigenvalue weighted by Gasteiger charge is 2.07. The maximum Gasteiger partial charge on any atom is 0.238 e. The highest BCUT2D eigenvalue weighted by atomic mass is 32.2. The minimum atomic E-state index is -3.67. The van der Waals surface area contributed by atoms with E-state index < -0.39 is 10.0 Å². The average Bonchev–Trinajstić information content (AvgIpc) is 2.58. The van der Waals surface area contributed by atoms with Crippen molar-refractivity contribution in [3.8, 4) is 5.75 Å². The van der Waals surface area contributed by atoms with Gasteiger partial charge < -0.3 is 4.74 Å². The molecule has 0 bridgehead atoms. The van der Waals surface area contributed by atoms with Gasteiger partial charge in [-0.2, -0.15) is 0 Å². The predicted molar refractivity (Wildman–Crippen MR) is 95.8 cm³/mol. The van der Waals surface area contributed by atoms with E-state index in [0.717, 1.165) is 21.7 Å². The summed E-state index contributed by atoms with van der Waals surface area (Å²) in [5.41, 5.74) is 0.974. The first kappa shape index (κ1) is 16.8. The van der Waals surface area contributed by atoms with Gasteiger partial charge in [0.15, 0.2) is 0 Å². The lowest BCUT2D eigenvalue weighted by Gasteiger charge is -2.07. The summed E-state index contributed by atoms with van der Waals surface area (Å²) in [5, 5.41) is 7.12. The summed E-state index contributed by atoms with van der Waals surface area (Å²) in [6, 6.07) is 18.1. The molecule has 0 unspecified atom stereocenters. The molecule has 0 radical (unpaired) electrons. The molecule has 0 aliphatic carbocycles. The van der Waals surface area contributed by atoms with Crippen molar-refractivity contribution < 1.29 is 13.2 Å². The van der Waals surface area contributed by atoms with Gasteiger partial charge in [-0.25, -0.2) is 18.5 Å². The minimum Gasteiger partial charge on any atom is -0.493 e. The molecule has 5 nitrogen and oxygen atoms in total. The third-order valence-corrected chi connectivity index (χ3v) is 5.15. The topological polar surface area (TPSA) is 82.3 Å². The van der Waals surface area contributed by atoms with Gasteiger partial charge in [0.25, 0.3) is 0 Å². The maximum atomic E-state index is 11.2. The van der Waals surface area contributed by atoms with Gasteiger partial charge in [0, 0.05) is 11.1 Å². The summed E-state index contributed by atoms with van der Waals surface area (Å²) in [6.07, 6.45) is 0. The van der Waals surface area contributed by atoms with E-state index in [4.69, 9.17) is 9.88 Å². The van der Waals surface area contributed by atoms with Crippen molar-refractivity contribution in [2.75, 3.05) is 12.4 Å². The number of fused-ring (bicyclic) bond motifs is 1. The van der Waals surface area contributed by atoms with E-state index >= 15 is 0 Å². The van der Waals surface area contributed by atoms with Gasteiger partial charge in [0.2, 0.25) is 10.0 Å². The highest BCUT2D eigenvalue weighted by Crippen LogP contribution is 2.20. The highest BCUT2D eigenvalue weighted by molar-refractivity contribution is 7.99. The number of hydrogen-bond donors (Lipinski definition) is 1. The lowest BCUT2D eigenvalue weighted by Crippen LogP contribution is -2.11.